The number of anilines is 1. The number of para-hydroxylation sites is 1. The van der Waals surface area contributed by atoms with E-state index < -0.39 is 5.97 Å². The predicted octanol–water partition coefficient (Wildman–Crippen LogP) is 6.26. The zero-order chi connectivity index (χ0) is 23.7. The van der Waals surface area contributed by atoms with Crippen LogP contribution < -0.4 is 9.47 Å². The number of carboxylic acid groups (broad SMARTS) is 1. The molecule has 0 atom stereocenters. The first-order valence-corrected chi connectivity index (χ1v) is 12.0. The van der Waals surface area contributed by atoms with Crippen molar-refractivity contribution >= 4 is 40.6 Å². The van der Waals surface area contributed by atoms with Gasteiger partial charge in [0.2, 0.25) is 5.58 Å². The van der Waals surface area contributed by atoms with Crippen molar-refractivity contribution in [2.24, 2.45) is 7.05 Å². The molecule has 6 heteroatoms. The second kappa shape index (κ2) is 9.23. The van der Waals surface area contributed by atoms with Crippen molar-refractivity contribution in [3.63, 3.8) is 0 Å². The summed E-state index contributed by atoms with van der Waals surface area (Å²) in [4.78, 5) is 14.4. The van der Waals surface area contributed by atoms with E-state index in [0.717, 1.165) is 55.7 Å². The molecule has 1 aliphatic rings. The van der Waals surface area contributed by atoms with Gasteiger partial charge in [0.15, 0.2) is 0 Å². The van der Waals surface area contributed by atoms with E-state index in [-0.39, 0.29) is 6.54 Å². The molecular formula is C28H25N2O3S+. The molecule has 0 aliphatic carbocycles. The fraction of sp³-hybridized carbons (Fsp3) is 0.143. The third-order valence-corrected chi connectivity index (χ3v) is 7.04. The molecule has 0 saturated heterocycles. The molecule has 2 heterocycles. The van der Waals surface area contributed by atoms with Crippen LogP contribution in [-0.2, 0) is 11.8 Å². The highest BCUT2D eigenvalue weighted by atomic mass is 32.2. The van der Waals surface area contributed by atoms with E-state index in [4.69, 9.17) is 4.42 Å². The Labute approximate surface area is 202 Å². The van der Waals surface area contributed by atoms with Crippen LogP contribution in [0.4, 0.5) is 5.69 Å². The maximum absolute atomic E-state index is 11.5. The Morgan fingerprint density at radius 2 is 1.82 bits per heavy atom. The highest BCUT2D eigenvalue weighted by molar-refractivity contribution is 8.03. The molecule has 0 bridgehead atoms. The van der Waals surface area contributed by atoms with Crippen molar-refractivity contribution in [2.75, 3.05) is 11.4 Å². The fourth-order valence-electron chi connectivity index (χ4n) is 4.12. The summed E-state index contributed by atoms with van der Waals surface area (Å²) in [6, 6.07) is 24.4. The number of nitrogens with zero attached hydrogens (tertiary/aromatic N) is 2. The van der Waals surface area contributed by atoms with Gasteiger partial charge in [-0.1, -0.05) is 67.2 Å². The van der Waals surface area contributed by atoms with Gasteiger partial charge in [0.25, 0.3) is 5.52 Å². The Morgan fingerprint density at radius 1 is 1.06 bits per heavy atom. The summed E-state index contributed by atoms with van der Waals surface area (Å²) in [6.45, 7) is 2.01. The van der Waals surface area contributed by atoms with E-state index in [9.17, 15) is 9.90 Å². The van der Waals surface area contributed by atoms with Crippen LogP contribution in [0.25, 0.3) is 28.3 Å². The molecule has 0 amide bonds. The Bertz CT molecular complexity index is 1440. The van der Waals surface area contributed by atoms with Crippen molar-refractivity contribution < 1.29 is 18.9 Å². The summed E-state index contributed by atoms with van der Waals surface area (Å²) in [5.74, 6) is -0.109. The Hall–Kier alpha value is -3.77. The van der Waals surface area contributed by atoms with Crippen LogP contribution in [0.2, 0.25) is 0 Å². The fourth-order valence-corrected chi connectivity index (χ4v) is 5.26. The average molecular weight is 470 g/mol. The maximum atomic E-state index is 11.5. The first kappa shape index (κ1) is 22.0. The minimum Gasteiger partial charge on any atom is -0.480 e. The minimum atomic E-state index is -0.858. The molecule has 0 radical (unpaired) electrons. The molecule has 0 saturated carbocycles. The first-order chi connectivity index (χ1) is 16.5. The van der Waals surface area contributed by atoms with Crippen LogP contribution in [0.3, 0.4) is 0 Å². The molecule has 170 valence electrons. The number of carbonyl (C=O) groups is 1. The van der Waals surface area contributed by atoms with Crippen LogP contribution in [-0.4, -0.2) is 17.6 Å². The molecule has 5 nitrogen and oxygen atoms in total. The van der Waals surface area contributed by atoms with Gasteiger partial charge in [-0.25, -0.2) is 0 Å². The summed E-state index contributed by atoms with van der Waals surface area (Å²) in [7, 11) is 2.00. The van der Waals surface area contributed by atoms with Crippen LogP contribution in [0.5, 0.6) is 0 Å². The highest BCUT2D eigenvalue weighted by Crippen LogP contribution is 2.46. The molecule has 1 N–H and O–H groups in total. The van der Waals surface area contributed by atoms with E-state index in [1.165, 1.54) is 0 Å². The molecule has 1 aliphatic heterocycles. The van der Waals surface area contributed by atoms with E-state index in [2.05, 4.69) is 41.8 Å². The van der Waals surface area contributed by atoms with Gasteiger partial charge in [0.1, 0.15) is 13.6 Å². The average Bonchev–Trinajstić information content (AvgIpc) is 3.35. The molecule has 0 fully saturated rings. The largest absolute Gasteiger partial charge is 0.480 e. The number of aryl methyl sites for hydroxylation is 1. The van der Waals surface area contributed by atoms with Gasteiger partial charge < -0.3 is 14.4 Å². The van der Waals surface area contributed by atoms with Crippen molar-refractivity contribution in [2.45, 2.75) is 18.2 Å². The number of oxazole rings is 1. The number of hydrogen-bond acceptors (Lipinski definition) is 4. The van der Waals surface area contributed by atoms with Crippen LogP contribution in [0.1, 0.15) is 19.2 Å². The van der Waals surface area contributed by atoms with Crippen LogP contribution in [0.15, 0.2) is 98.8 Å². The summed E-state index contributed by atoms with van der Waals surface area (Å²) in [5.41, 5.74) is 6.14. The van der Waals surface area contributed by atoms with Gasteiger partial charge in [-0.05, 0) is 47.4 Å². The van der Waals surface area contributed by atoms with Gasteiger partial charge in [-0.15, -0.1) is 0 Å². The number of benzene rings is 3. The number of allylic oxidation sites excluding steroid dienone is 2. The third-order valence-electron chi connectivity index (χ3n) is 5.93. The van der Waals surface area contributed by atoms with Gasteiger partial charge in [-0.2, -0.15) is 4.57 Å². The molecule has 34 heavy (non-hydrogen) atoms. The molecular weight excluding hydrogens is 444 g/mol. The zero-order valence-electron chi connectivity index (χ0n) is 19.1. The number of fused-ring (bicyclic) bond motifs is 2. The smallest absolute Gasteiger partial charge is 0.374 e. The Morgan fingerprint density at radius 3 is 2.59 bits per heavy atom. The van der Waals surface area contributed by atoms with Crippen LogP contribution in [0, 0.1) is 0 Å². The van der Waals surface area contributed by atoms with Gasteiger partial charge in [0.05, 0.1) is 16.8 Å². The normalized spacial score (nSPS) is 14.7. The summed E-state index contributed by atoms with van der Waals surface area (Å²) in [6.07, 6.45) is 4.89. The minimum absolute atomic E-state index is 0.0759. The number of aliphatic carboxylic acids is 1. The SMILES string of the molecule is CC/C(C=C1Sc2ccccc2N1CC(=O)O)=C/c1oc2ccc(-c3ccccc3)cc2[n+]1C. The summed E-state index contributed by atoms with van der Waals surface area (Å²) in [5, 5.41) is 10.4. The topological polar surface area (TPSA) is 57.6 Å². The summed E-state index contributed by atoms with van der Waals surface area (Å²) >= 11 is 1.59. The second-order valence-electron chi connectivity index (χ2n) is 8.15. The van der Waals surface area contributed by atoms with Crippen molar-refractivity contribution in [1.82, 2.24) is 0 Å². The molecule has 5 rings (SSSR count). The lowest BCUT2D eigenvalue weighted by Gasteiger charge is -2.18. The predicted molar refractivity (Wildman–Crippen MR) is 136 cm³/mol. The lowest BCUT2D eigenvalue weighted by atomic mass is 10.1. The molecule has 1 aromatic heterocycles. The van der Waals surface area contributed by atoms with Crippen molar-refractivity contribution in [3.8, 4) is 11.1 Å². The van der Waals surface area contributed by atoms with E-state index in [1.807, 2.05) is 66.6 Å². The number of aromatic nitrogens is 1. The van der Waals surface area contributed by atoms with E-state index in [1.54, 1.807) is 11.8 Å². The van der Waals surface area contributed by atoms with E-state index >= 15 is 0 Å². The van der Waals surface area contributed by atoms with Gasteiger partial charge in [0, 0.05) is 11.0 Å². The first-order valence-electron chi connectivity index (χ1n) is 11.2. The molecule has 0 unspecified atom stereocenters. The Balaban J connectivity index is 1.51. The molecule has 3 aromatic carbocycles. The molecule has 4 aromatic rings. The number of hydrogen-bond donors (Lipinski definition) is 1. The lowest BCUT2D eigenvalue weighted by molar-refractivity contribution is -0.652. The van der Waals surface area contributed by atoms with Crippen LogP contribution >= 0.6 is 11.8 Å². The van der Waals surface area contributed by atoms with Gasteiger partial charge in [-0.3, -0.25) is 4.79 Å². The Kier molecular flexibility index (Phi) is 5.99. The van der Waals surface area contributed by atoms with Crippen molar-refractivity contribution in [3.05, 3.63) is 95.4 Å². The number of thioether (sulfide) groups is 1. The summed E-state index contributed by atoms with van der Waals surface area (Å²) < 4.78 is 8.24. The second-order valence-corrected chi connectivity index (χ2v) is 9.22. The lowest BCUT2D eigenvalue weighted by Crippen LogP contribution is -2.29. The quantitative estimate of drug-likeness (QED) is 0.338. The van der Waals surface area contributed by atoms with E-state index in [0.29, 0.717) is 0 Å². The monoisotopic (exact) mass is 469 g/mol. The maximum Gasteiger partial charge on any atom is 0.374 e. The number of rotatable bonds is 6. The van der Waals surface area contributed by atoms with Crippen molar-refractivity contribution in [1.29, 1.82) is 0 Å². The zero-order valence-corrected chi connectivity index (χ0v) is 19.9. The highest BCUT2D eigenvalue weighted by Gasteiger charge is 2.27. The number of carboxylic acids is 1. The van der Waals surface area contributed by atoms with Gasteiger partial charge >= 0.3 is 11.9 Å². The standard InChI is InChI=1S/C28H24N2O3S/c1-3-19(16-27-30(18-28(31)32)22-11-7-8-12-25(22)34-27)15-26-29(2)23-17-21(13-14-24(23)33-26)20-9-5-4-6-10-20/h4-17H,3,18H2,1-2H3/p+1. The molecule has 0 spiro atoms. The third kappa shape index (κ3) is 4.24.